The predicted molar refractivity (Wildman–Crippen MR) is 97.3 cm³/mol. The second kappa shape index (κ2) is 6.50. The van der Waals surface area contributed by atoms with E-state index in [2.05, 4.69) is 15.3 Å². The lowest BCUT2D eigenvalue weighted by Crippen LogP contribution is -2.28. The smallest absolute Gasteiger partial charge is 0.190 e. The number of nitrogens with one attached hydrogen (secondary N) is 2. The van der Waals surface area contributed by atoms with E-state index in [-0.39, 0.29) is 11.5 Å². The number of H-pyrrole nitrogens is 1. The van der Waals surface area contributed by atoms with Crippen LogP contribution in [0, 0.1) is 0 Å². The summed E-state index contributed by atoms with van der Waals surface area (Å²) in [5, 5.41) is 5.97. The molecule has 0 saturated heterocycles. The third-order valence-electron chi connectivity index (χ3n) is 3.44. The van der Waals surface area contributed by atoms with Crippen molar-refractivity contribution in [1.82, 2.24) is 10.3 Å². The summed E-state index contributed by atoms with van der Waals surface area (Å²) in [5.41, 5.74) is 2.35. The first-order chi connectivity index (χ1) is 11.1. The van der Waals surface area contributed by atoms with Crippen molar-refractivity contribution >= 4 is 34.2 Å². The Morgan fingerprint density at radius 2 is 2.13 bits per heavy atom. The quantitative estimate of drug-likeness (QED) is 0.908. The molecule has 1 aromatic heterocycles. The van der Waals surface area contributed by atoms with Crippen LogP contribution >= 0.6 is 11.8 Å². The van der Waals surface area contributed by atoms with Gasteiger partial charge in [-0.3, -0.25) is 9.79 Å². The molecule has 0 radical (unpaired) electrons. The van der Waals surface area contributed by atoms with E-state index in [1.165, 1.54) is 0 Å². The molecule has 0 spiro atoms. The molecule has 3 rings (SSSR count). The van der Waals surface area contributed by atoms with Crippen LogP contribution < -0.4 is 15.5 Å². The highest BCUT2D eigenvalue weighted by Crippen LogP contribution is 2.22. The Labute approximate surface area is 138 Å². The Morgan fingerprint density at radius 1 is 1.30 bits per heavy atom. The molecule has 1 aliphatic rings. The molecule has 0 atom stereocenters. The van der Waals surface area contributed by atoms with Crippen molar-refractivity contribution in [3.8, 4) is 5.75 Å². The lowest BCUT2D eigenvalue weighted by atomic mass is 10.1. The van der Waals surface area contributed by atoms with Gasteiger partial charge in [0.2, 0.25) is 0 Å². The molecule has 0 saturated carbocycles. The van der Waals surface area contributed by atoms with E-state index in [0.29, 0.717) is 11.1 Å². The van der Waals surface area contributed by atoms with Crippen molar-refractivity contribution in [2.45, 2.75) is 19.9 Å². The highest BCUT2D eigenvalue weighted by molar-refractivity contribution is 8.03. The number of nitrogens with zero attached hydrogens (tertiary/aromatic N) is 1. The first-order valence-corrected chi connectivity index (χ1v) is 8.48. The number of benzene rings is 1. The van der Waals surface area contributed by atoms with Crippen molar-refractivity contribution in [3.63, 3.8) is 0 Å². The SMILES string of the molecule is COc1ccc2c(=O)cc(C3=CSCC(=NC(C)C)N3)[nH]c2c1. The van der Waals surface area contributed by atoms with E-state index in [1.54, 1.807) is 37.1 Å². The monoisotopic (exact) mass is 329 g/mol. The third-order valence-corrected chi connectivity index (χ3v) is 4.28. The molecule has 0 bridgehead atoms. The van der Waals surface area contributed by atoms with Gasteiger partial charge in [0.15, 0.2) is 5.43 Å². The Morgan fingerprint density at radius 3 is 2.87 bits per heavy atom. The third kappa shape index (κ3) is 3.42. The zero-order chi connectivity index (χ0) is 16.4. The first-order valence-electron chi connectivity index (χ1n) is 7.43. The van der Waals surface area contributed by atoms with Gasteiger partial charge in [0.25, 0.3) is 0 Å². The fourth-order valence-electron chi connectivity index (χ4n) is 2.44. The molecule has 6 heteroatoms. The fraction of sp³-hybridized carbons (Fsp3) is 0.294. The molecule has 2 heterocycles. The number of fused-ring (bicyclic) bond motifs is 1. The molecular formula is C17H19N3O2S. The van der Waals surface area contributed by atoms with Crippen LogP contribution in [-0.4, -0.2) is 29.7 Å². The van der Waals surface area contributed by atoms with Crippen LogP contribution in [0.1, 0.15) is 19.5 Å². The van der Waals surface area contributed by atoms with Crippen LogP contribution in [0.3, 0.4) is 0 Å². The molecule has 2 aromatic rings. The average molecular weight is 329 g/mol. The van der Waals surface area contributed by atoms with Gasteiger partial charge in [-0.2, -0.15) is 0 Å². The van der Waals surface area contributed by atoms with E-state index >= 15 is 0 Å². The lowest BCUT2D eigenvalue weighted by molar-refractivity contribution is 0.415. The zero-order valence-corrected chi connectivity index (χ0v) is 14.2. The number of thioether (sulfide) groups is 1. The molecule has 5 nitrogen and oxygen atoms in total. The number of methoxy groups -OCH3 is 1. The second-order valence-corrected chi connectivity index (χ2v) is 6.45. The van der Waals surface area contributed by atoms with E-state index < -0.39 is 0 Å². The number of ether oxygens (including phenoxy) is 1. The van der Waals surface area contributed by atoms with Crippen molar-refractivity contribution in [2.75, 3.05) is 12.9 Å². The van der Waals surface area contributed by atoms with E-state index in [4.69, 9.17) is 4.74 Å². The molecule has 1 aromatic carbocycles. The van der Waals surface area contributed by atoms with Gasteiger partial charge in [-0.25, -0.2) is 0 Å². The van der Waals surface area contributed by atoms with Gasteiger partial charge in [-0.15, -0.1) is 11.8 Å². The summed E-state index contributed by atoms with van der Waals surface area (Å²) in [4.78, 5) is 20.2. The number of pyridine rings is 1. The maximum absolute atomic E-state index is 12.3. The molecule has 120 valence electrons. The molecule has 0 unspecified atom stereocenters. The second-order valence-electron chi connectivity index (χ2n) is 5.60. The minimum Gasteiger partial charge on any atom is -0.497 e. The van der Waals surface area contributed by atoms with E-state index in [0.717, 1.165) is 28.5 Å². The number of aromatic amines is 1. The van der Waals surface area contributed by atoms with Gasteiger partial charge in [0.05, 0.1) is 29.8 Å². The summed E-state index contributed by atoms with van der Waals surface area (Å²) in [5.74, 6) is 2.45. The Hall–Kier alpha value is -2.21. The van der Waals surface area contributed by atoms with E-state index in [1.807, 2.05) is 25.3 Å². The summed E-state index contributed by atoms with van der Waals surface area (Å²) in [7, 11) is 1.61. The van der Waals surface area contributed by atoms with Crippen molar-refractivity contribution in [2.24, 2.45) is 4.99 Å². The Bertz CT molecular complexity index is 853. The maximum atomic E-state index is 12.3. The average Bonchev–Trinajstić information content (AvgIpc) is 2.53. The largest absolute Gasteiger partial charge is 0.497 e. The number of hydrogen-bond acceptors (Lipinski definition) is 4. The Kier molecular flexibility index (Phi) is 4.43. The van der Waals surface area contributed by atoms with Gasteiger partial charge in [-0.1, -0.05) is 0 Å². The number of aromatic nitrogens is 1. The van der Waals surface area contributed by atoms with Crippen LogP contribution in [-0.2, 0) is 0 Å². The summed E-state index contributed by atoms with van der Waals surface area (Å²) < 4.78 is 5.23. The van der Waals surface area contributed by atoms with Crippen molar-refractivity contribution in [3.05, 3.63) is 45.6 Å². The highest BCUT2D eigenvalue weighted by Gasteiger charge is 2.14. The van der Waals surface area contributed by atoms with Crippen LogP contribution in [0.5, 0.6) is 5.75 Å². The van der Waals surface area contributed by atoms with Gasteiger partial charge in [0, 0.05) is 23.6 Å². The van der Waals surface area contributed by atoms with Gasteiger partial charge >= 0.3 is 0 Å². The van der Waals surface area contributed by atoms with E-state index in [9.17, 15) is 4.79 Å². The minimum absolute atomic E-state index is 0.0166. The number of amidine groups is 1. The van der Waals surface area contributed by atoms with Gasteiger partial charge in [-0.05, 0) is 31.4 Å². The highest BCUT2D eigenvalue weighted by atomic mass is 32.2. The Balaban J connectivity index is 2.03. The summed E-state index contributed by atoms with van der Waals surface area (Å²) in [6.07, 6.45) is 0. The van der Waals surface area contributed by atoms with Crippen molar-refractivity contribution in [1.29, 1.82) is 0 Å². The molecule has 0 amide bonds. The summed E-state index contributed by atoms with van der Waals surface area (Å²) in [6.45, 7) is 4.09. The standard InChI is InChI=1S/C17H19N3O2S/c1-10(2)18-17-9-23-8-15(20-17)14-7-16(21)12-5-4-11(22-3)6-13(12)19-14/h4-8,10H,9H2,1-3H3,(H,18,20)(H,19,21). The topological polar surface area (TPSA) is 66.5 Å². The molecule has 0 aliphatic carbocycles. The first kappa shape index (κ1) is 15.7. The number of aliphatic imine (C=N–C) groups is 1. The number of hydrogen-bond donors (Lipinski definition) is 2. The molecule has 1 aliphatic heterocycles. The van der Waals surface area contributed by atoms with Gasteiger partial charge < -0.3 is 15.0 Å². The van der Waals surface area contributed by atoms with Gasteiger partial charge in [0.1, 0.15) is 11.6 Å². The fourth-order valence-corrected chi connectivity index (χ4v) is 3.18. The van der Waals surface area contributed by atoms with Crippen LogP contribution in [0.4, 0.5) is 0 Å². The molecule has 23 heavy (non-hydrogen) atoms. The number of rotatable bonds is 3. The minimum atomic E-state index is -0.0166. The van der Waals surface area contributed by atoms with Crippen LogP contribution in [0.2, 0.25) is 0 Å². The molecule has 2 N–H and O–H groups in total. The molecular weight excluding hydrogens is 310 g/mol. The predicted octanol–water partition coefficient (Wildman–Crippen LogP) is 2.98. The molecule has 0 fully saturated rings. The normalized spacial score (nSPS) is 16.5. The van der Waals surface area contributed by atoms with Crippen molar-refractivity contribution < 1.29 is 4.74 Å². The zero-order valence-electron chi connectivity index (χ0n) is 13.3. The summed E-state index contributed by atoms with van der Waals surface area (Å²) in [6, 6.07) is 7.25. The van der Waals surface area contributed by atoms with Crippen LogP contribution in [0.15, 0.2) is 39.5 Å². The maximum Gasteiger partial charge on any atom is 0.190 e. The van der Waals surface area contributed by atoms with Crippen LogP contribution in [0.25, 0.3) is 16.6 Å². The summed E-state index contributed by atoms with van der Waals surface area (Å²) >= 11 is 1.66. The lowest BCUT2D eigenvalue weighted by Gasteiger charge is -2.18.